The Morgan fingerprint density at radius 1 is 1.42 bits per heavy atom. The van der Waals surface area contributed by atoms with E-state index >= 15 is 0 Å². The largest absolute Gasteiger partial charge is 0.308 e. The highest BCUT2D eigenvalue weighted by molar-refractivity contribution is 7.89. The van der Waals surface area contributed by atoms with Crippen molar-refractivity contribution in [1.82, 2.24) is 24.6 Å². The Morgan fingerprint density at radius 2 is 2.11 bits per heavy atom. The molecule has 8 heteroatoms. The predicted octanol–water partition coefficient (Wildman–Crippen LogP) is -0.281. The standard InChI is InChI=1S/C11H21N5O2S/c1-3-19(17,18)16-6-4-10(5-7-16)12-8-11-9-15(2)14-13-11/h9-10,12H,3-8H2,1-2H3. The zero-order valence-electron chi connectivity index (χ0n) is 11.4. The summed E-state index contributed by atoms with van der Waals surface area (Å²) in [6.45, 7) is 3.58. The van der Waals surface area contributed by atoms with Crippen molar-refractivity contribution in [2.24, 2.45) is 7.05 Å². The zero-order valence-corrected chi connectivity index (χ0v) is 12.2. The third kappa shape index (κ3) is 3.74. The molecule has 1 aliphatic heterocycles. The molecule has 0 atom stereocenters. The van der Waals surface area contributed by atoms with Crippen molar-refractivity contribution in [1.29, 1.82) is 0 Å². The lowest BCUT2D eigenvalue weighted by molar-refractivity contribution is 0.288. The molecule has 2 rings (SSSR count). The van der Waals surface area contributed by atoms with Gasteiger partial charge in [-0.15, -0.1) is 5.10 Å². The van der Waals surface area contributed by atoms with E-state index in [9.17, 15) is 8.42 Å². The third-order valence-corrected chi connectivity index (χ3v) is 5.32. The van der Waals surface area contributed by atoms with Gasteiger partial charge in [0.15, 0.2) is 0 Å². The summed E-state index contributed by atoms with van der Waals surface area (Å²) in [5.74, 6) is 0.185. The smallest absolute Gasteiger partial charge is 0.213 e. The van der Waals surface area contributed by atoms with E-state index in [1.54, 1.807) is 15.9 Å². The third-order valence-electron chi connectivity index (χ3n) is 3.43. The quantitative estimate of drug-likeness (QED) is 0.805. The SMILES string of the molecule is CCS(=O)(=O)N1CCC(NCc2cn(C)nn2)CC1. The molecule has 0 amide bonds. The summed E-state index contributed by atoms with van der Waals surface area (Å²) < 4.78 is 26.7. The van der Waals surface area contributed by atoms with Gasteiger partial charge < -0.3 is 5.32 Å². The van der Waals surface area contributed by atoms with E-state index in [4.69, 9.17) is 0 Å². The number of hydrogen-bond donors (Lipinski definition) is 1. The van der Waals surface area contributed by atoms with Gasteiger partial charge in [-0.1, -0.05) is 5.21 Å². The van der Waals surface area contributed by atoms with Crippen LogP contribution in [0.4, 0.5) is 0 Å². The maximum absolute atomic E-state index is 11.7. The highest BCUT2D eigenvalue weighted by Gasteiger charge is 2.26. The van der Waals surface area contributed by atoms with Gasteiger partial charge in [0, 0.05) is 38.9 Å². The van der Waals surface area contributed by atoms with Gasteiger partial charge in [-0.05, 0) is 19.8 Å². The van der Waals surface area contributed by atoms with Gasteiger partial charge in [-0.25, -0.2) is 12.7 Å². The number of sulfonamides is 1. The van der Waals surface area contributed by atoms with Crippen molar-refractivity contribution in [3.05, 3.63) is 11.9 Å². The second-order valence-electron chi connectivity index (χ2n) is 4.84. The van der Waals surface area contributed by atoms with Gasteiger partial charge >= 0.3 is 0 Å². The molecule has 0 spiro atoms. The van der Waals surface area contributed by atoms with Crippen LogP contribution >= 0.6 is 0 Å². The molecular weight excluding hydrogens is 266 g/mol. The van der Waals surface area contributed by atoms with Gasteiger partial charge in [0.1, 0.15) is 0 Å². The Hall–Kier alpha value is -0.990. The molecule has 1 saturated heterocycles. The van der Waals surface area contributed by atoms with E-state index in [0.717, 1.165) is 18.5 Å². The number of aromatic nitrogens is 3. The first-order chi connectivity index (χ1) is 9.01. The van der Waals surface area contributed by atoms with Gasteiger partial charge in [-0.2, -0.15) is 0 Å². The molecule has 0 bridgehead atoms. The average molecular weight is 287 g/mol. The van der Waals surface area contributed by atoms with E-state index in [1.807, 2.05) is 13.2 Å². The zero-order chi connectivity index (χ0) is 13.9. The molecule has 0 aromatic carbocycles. The lowest BCUT2D eigenvalue weighted by Gasteiger charge is -2.31. The van der Waals surface area contributed by atoms with Crippen molar-refractivity contribution >= 4 is 10.0 Å². The van der Waals surface area contributed by atoms with Gasteiger partial charge in [-0.3, -0.25) is 4.68 Å². The molecule has 0 saturated carbocycles. The van der Waals surface area contributed by atoms with Crippen LogP contribution < -0.4 is 5.32 Å². The molecule has 1 aliphatic rings. The first kappa shape index (κ1) is 14.4. The minimum absolute atomic E-state index is 0.185. The van der Waals surface area contributed by atoms with Crippen LogP contribution in [0.3, 0.4) is 0 Å². The topological polar surface area (TPSA) is 80.1 Å². The van der Waals surface area contributed by atoms with E-state index in [2.05, 4.69) is 15.6 Å². The fourth-order valence-corrected chi connectivity index (χ4v) is 3.38. The summed E-state index contributed by atoms with van der Waals surface area (Å²) in [7, 11) is -1.19. The monoisotopic (exact) mass is 287 g/mol. The fourth-order valence-electron chi connectivity index (χ4n) is 2.25. The van der Waals surface area contributed by atoms with Gasteiger partial charge in [0.25, 0.3) is 0 Å². The van der Waals surface area contributed by atoms with Crippen LogP contribution in [0.2, 0.25) is 0 Å². The molecule has 0 radical (unpaired) electrons. The van der Waals surface area contributed by atoms with E-state index in [-0.39, 0.29) is 5.75 Å². The summed E-state index contributed by atoms with van der Waals surface area (Å²) in [5, 5.41) is 11.3. The number of piperidine rings is 1. The first-order valence-electron chi connectivity index (χ1n) is 6.57. The first-order valence-corrected chi connectivity index (χ1v) is 8.18. The minimum atomic E-state index is -3.03. The maximum Gasteiger partial charge on any atom is 0.213 e. The summed E-state index contributed by atoms with van der Waals surface area (Å²) in [6.07, 6.45) is 3.57. The number of aryl methyl sites for hydroxylation is 1. The van der Waals surface area contributed by atoms with Crippen LogP contribution in [-0.2, 0) is 23.6 Å². The normalized spacial score (nSPS) is 18.8. The van der Waals surface area contributed by atoms with Gasteiger partial charge in [0.05, 0.1) is 11.4 Å². The Kier molecular flexibility index (Phi) is 4.54. The van der Waals surface area contributed by atoms with Crippen molar-refractivity contribution in [3.63, 3.8) is 0 Å². The number of nitrogens with zero attached hydrogens (tertiary/aromatic N) is 4. The van der Waals surface area contributed by atoms with Crippen LogP contribution in [0.5, 0.6) is 0 Å². The van der Waals surface area contributed by atoms with Crippen molar-refractivity contribution in [2.45, 2.75) is 32.4 Å². The van der Waals surface area contributed by atoms with Crippen molar-refractivity contribution in [2.75, 3.05) is 18.8 Å². The Bertz CT molecular complexity index is 505. The second kappa shape index (κ2) is 5.98. The maximum atomic E-state index is 11.7. The molecule has 0 aliphatic carbocycles. The second-order valence-corrected chi connectivity index (χ2v) is 7.10. The summed E-state index contributed by atoms with van der Waals surface area (Å²) in [6, 6.07) is 0.352. The van der Waals surface area contributed by atoms with Crippen molar-refractivity contribution < 1.29 is 8.42 Å². The van der Waals surface area contributed by atoms with Crippen molar-refractivity contribution in [3.8, 4) is 0 Å². The van der Waals surface area contributed by atoms with Gasteiger partial charge in [0.2, 0.25) is 10.0 Å². The molecule has 1 aromatic heterocycles. The van der Waals surface area contributed by atoms with Crippen LogP contribution in [0.1, 0.15) is 25.5 Å². The molecule has 2 heterocycles. The van der Waals surface area contributed by atoms with E-state index in [1.165, 1.54) is 0 Å². The number of nitrogens with one attached hydrogen (secondary N) is 1. The molecule has 7 nitrogen and oxygen atoms in total. The fraction of sp³-hybridized carbons (Fsp3) is 0.818. The predicted molar refractivity (Wildman–Crippen MR) is 71.9 cm³/mol. The highest BCUT2D eigenvalue weighted by Crippen LogP contribution is 2.14. The summed E-state index contributed by atoms with van der Waals surface area (Å²) in [4.78, 5) is 0. The lowest BCUT2D eigenvalue weighted by atomic mass is 10.1. The van der Waals surface area contributed by atoms with Crippen LogP contribution in [-0.4, -0.2) is 52.6 Å². The van der Waals surface area contributed by atoms with Crippen LogP contribution in [0.15, 0.2) is 6.20 Å². The lowest BCUT2D eigenvalue weighted by Crippen LogP contribution is -2.45. The Labute approximate surface area is 114 Å². The number of hydrogen-bond acceptors (Lipinski definition) is 5. The molecule has 1 fully saturated rings. The van der Waals surface area contributed by atoms with E-state index < -0.39 is 10.0 Å². The Morgan fingerprint density at radius 3 is 2.63 bits per heavy atom. The molecule has 108 valence electrons. The average Bonchev–Trinajstić information content (AvgIpc) is 2.83. The molecule has 1 N–H and O–H groups in total. The molecular formula is C11H21N5O2S. The molecule has 19 heavy (non-hydrogen) atoms. The molecule has 0 unspecified atom stereocenters. The number of rotatable bonds is 5. The summed E-state index contributed by atoms with van der Waals surface area (Å²) in [5.41, 5.74) is 0.908. The summed E-state index contributed by atoms with van der Waals surface area (Å²) >= 11 is 0. The van der Waals surface area contributed by atoms with Crippen LogP contribution in [0.25, 0.3) is 0 Å². The highest BCUT2D eigenvalue weighted by atomic mass is 32.2. The Balaban J connectivity index is 1.78. The minimum Gasteiger partial charge on any atom is -0.308 e. The van der Waals surface area contributed by atoms with E-state index in [0.29, 0.717) is 25.7 Å². The van der Waals surface area contributed by atoms with Crippen LogP contribution in [0, 0.1) is 0 Å². The molecule has 1 aromatic rings.